The molecule has 0 atom stereocenters. The van der Waals surface area contributed by atoms with E-state index in [4.69, 9.17) is 16.7 Å². The molecule has 0 heterocycles. The van der Waals surface area contributed by atoms with Gasteiger partial charge in [-0.15, -0.1) is 0 Å². The van der Waals surface area contributed by atoms with E-state index in [1.54, 1.807) is 18.2 Å². The number of nitrogens with zero attached hydrogens (tertiary/aromatic N) is 1. The Bertz CT molecular complexity index is 324. The zero-order valence-electron chi connectivity index (χ0n) is 6.16. The van der Waals surface area contributed by atoms with Crippen molar-refractivity contribution >= 4 is 27.5 Å². The fourth-order valence-electron chi connectivity index (χ4n) is 0.744. The van der Waals surface area contributed by atoms with Gasteiger partial charge in [0.15, 0.2) is 5.84 Å². The molecule has 5 heteroatoms. The molecular formula is C7H8BrN3O. The number of hydrogen-bond donors (Lipinski definition) is 3. The Labute approximate surface area is 78.0 Å². The molecule has 0 unspecified atom stereocenters. The third-order valence-corrected chi connectivity index (χ3v) is 2.09. The van der Waals surface area contributed by atoms with Gasteiger partial charge in [-0.05, 0) is 34.1 Å². The summed E-state index contributed by atoms with van der Waals surface area (Å²) in [6, 6.07) is 5.04. The summed E-state index contributed by atoms with van der Waals surface area (Å²) in [5.41, 5.74) is 12.1. The third kappa shape index (κ3) is 1.68. The van der Waals surface area contributed by atoms with Gasteiger partial charge in [0.2, 0.25) is 0 Å². The topological polar surface area (TPSA) is 84.6 Å². The standard InChI is InChI=1S/C7H8BrN3O/c8-5-3-4(7(10)11-12)1-2-6(5)9/h1-3,12H,9H2,(H2,10,11). The fourth-order valence-corrected chi connectivity index (χ4v) is 1.12. The first-order valence-electron chi connectivity index (χ1n) is 3.18. The number of rotatable bonds is 1. The number of benzene rings is 1. The maximum atomic E-state index is 8.36. The molecular weight excluding hydrogens is 222 g/mol. The zero-order chi connectivity index (χ0) is 9.14. The van der Waals surface area contributed by atoms with Crippen LogP contribution in [-0.2, 0) is 0 Å². The van der Waals surface area contributed by atoms with Gasteiger partial charge < -0.3 is 16.7 Å². The van der Waals surface area contributed by atoms with Crippen molar-refractivity contribution in [3.05, 3.63) is 28.2 Å². The zero-order valence-corrected chi connectivity index (χ0v) is 7.75. The minimum Gasteiger partial charge on any atom is -0.409 e. The molecule has 1 aromatic rings. The van der Waals surface area contributed by atoms with Crippen molar-refractivity contribution in [1.29, 1.82) is 0 Å². The molecule has 1 rings (SSSR count). The Morgan fingerprint density at radius 2 is 2.17 bits per heavy atom. The van der Waals surface area contributed by atoms with Crippen molar-refractivity contribution in [2.45, 2.75) is 0 Å². The second-order valence-electron chi connectivity index (χ2n) is 2.22. The lowest BCUT2D eigenvalue weighted by Gasteiger charge is -2.01. The Balaban J connectivity index is 3.13. The first-order chi connectivity index (χ1) is 5.65. The van der Waals surface area contributed by atoms with E-state index in [1.807, 2.05) is 0 Å². The molecule has 5 N–H and O–H groups in total. The number of halogens is 1. The number of oxime groups is 1. The lowest BCUT2D eigenvalue weighted by Crippen LogP contribution is -2.12. The number of anilines is 1. The summed E-state index contributed by atoms with van der Waals surface area (Å²) < 4.78 is 0.728. The van der Waals surface area contributed by atoms with E-state index in [1.165, 1.54) is 0 Å². The summed E-state index contributed by atoms with van der Waals surface area (Å²) in [5.74, 6) is 0.0655. The summed E-state index contributed by atoms with van der Waals surface area (Å²) in [6.45, 7) is 0. The van der Waals surface area contributed by atoms with Crippen LogP contribution in [0.25, 0.3) is 0 Å². The van der Waals surface area contributed by atoms with Crippen LogP contribution in [0.3, 0.4) is 0 Å². The van der Waals surface area contributed by atoms with Gasteiger partial charge in [-0.2, -0.15) is 0 Å². The largest absolute Gasteiger partial charge is 0.409 e. The predicted molar refractivity (Wildman–Crippen MR) is 51.1 cm³/mol. The lowest BCUT2D eigenvalue weighted by molar-refractivity contribution is 0.318. The number of hydrogen-bond acceptors (Lipinski definition) is 3. The first kappa shape index (κ1) is 8.86. The van der Waals surface area contributed by atoms with Crippen LogP contribution in [0.15, 0.2) is 27.8 Å². The lowest BCUT2D eigenvalue weighted by atomic mass is 10.2. The SMILES string of the molecule is N/C(=N\O)c1ccc(N)c(Br)c1. The van der Waals surface area contributed by atoms with Crippen LogP contribution in [0.2, 0.25) is 0 Å². The van der Waals surface area contributed by atoms with E-state index >= 15 is 0 Å². The van der Waals surface area contributed by atoms with Crippen LogP contribution in [0.5, 0.6) is 0 Å². The smallest absolute Gasteiger partial charge is 0.170 e. The molecule has 0 aliphatic heterocycles. The summed E-state index contributed by atoms with van der Waals surface area (Å²) in [6.07, 6.45) is 0. The highest BCUT2D eigenvalue weighted by Crippen LogP contribution is 2.19. The fraction of sp³-hybridized carbons (Fsp3) is 0. The van der Waals surface area contributed by atoms with Crippen molar-refractivity contribution in [1.82, 2.24) is 0 Å². The quantitative estimate of drug-likeness (QED) is 0.222. The van der Waals surface area contributed by atoms with Gasteiger partial charge >= 0.3 is 0 Å². The summed E-state index contributed by atoms with van der Waals surface area (Å²) in [4.78, 5) is 0. The van der Waals surface area contributed by atoms with E-state index in [2.05, 4.69) is 21.1 Å². The van der Waals surface area contributed by atoms with E-state index in [9.17, 15) is 0 Å². The van der Waals surface area contributed by atoms with E-state index in [0.29, 0.717) is 11.3 Å². The summed E-state index contributed by atoms with van der Waals surface area (Å²) in [5, 5.41) is 11.2. The van der Waals surface area contributed by atoms with Crippen LogP contribution in [0.4, 0.5) is 5.69 Å². The van der Waals surface area contributed by atoms with Crippen molar-refractivity contribution in [3.8, 4) is 0 Å². The summed E-state index contributed by atoms with van der Waals surface area (Å²) in [7, 11) is 0. The maximum Gasteiger partial charge on any atom is 0.170 e. The summed E-state index contributed by atoms with van der Waals surface area (Å²) >= 11 is 3.23. The van der Waals surface area contributed by atoms with Crippen molar-refractivity contribution in [2.75, 3.05) is 5.73 Å². The van der Waals surface area contributed by atoms with Crippen molar-refractivity contribution in [2.24, 2.45) is 10.9 Å². The predicted octanol–water partition coefficient (Wildman–Crippen LogP) is 1.13. The maximum absolute atomic E-state index is 8.36. The van der Waals surface area contributed by atoms with Gasteiger partial charge in [-0.25, -0.2) is 0 Å². The highest BCUT2D eigenvalue weighted by Gasteiger charge is 2.01. The van der Waals surface area contributed by atoms with Gasteiger partial charge in [-0.3, -0.25) is 0 Å². The van der Waals surface area contributed by atoms with Crippen LogP contribution in [0.1, 0.15) is 5.56 Å². The molecule has 0 fully saturated rings. The average Bonchev–Trinajstić information content (AvgIpc) is 2.08. The second kappa shape index (κ2) is 3.44. The Morgan fingerprint density at radius 1 is 1.50 bits per heavy atom. The minimum atomic E-state index is 0.0655. The molecule has 0 saturated carbocycles. The molecule has 4 nitrogen and oxygen atoms in total. The second-order valence-corrected chi connectivity index (χ2v) is 3.08. The van der Waals surface area contributed by atoms with Crippen molar-refractivity contribution < 1.29 is 5.21 Å². The molecule has 64 valence electrons. The number of amidine groups is 1. The monoisotopic (exact) mass is 229 g/mol. The average molecular weight is 230 g/mol. The van der Waals surface area contributed by atoms with Gasteiger partial charge in [-0.1, -0.05) is 5.16 Å². The Morgan fingerprint density at radius 3 is 2.67 bits per heavy atom. The molecule has 0 radical (unpaired) electrons. The number of nitrogen functional groups attached to an aromatic ring is 1. The third-order valence-electron chi connectivity index (χ3n) is 1.40. The molecule has 0 saturated heterocycles. The van der Waals surface area contributed by atoms with Crippen LogP contribution in [0, 0.1) is 0 Å². The molecule has 1 aromatic carbocycles. The van der Waals surface area contributed by atoms with Crippen molar-refractivity contribution in [3.63, 3.8) is 0 Å². The van der Waals surface area contributed by atoms with Crippen LogP contribution < -0.4 is 11.5 Å². The molecule has 0 spiro atoms. The van der Waals surface area contributed by atoms with Gasteiger partial charge in [0.1, 0.15) is 0 Å². The van der Waals surface area contributed by atoms with E-state index < -0.39 is 0 Å². The molecule has 0 bridgehead atoms. The molecule has 12 heavy (non-hydrogen) atoms. The van der Waals surface area contributed by atoms with Crippen LogP contribution in [-0.4, -0.2) is 11.0 Å². The van der Waals surface area contributed by atoms with E-state index in [-0.39, 0.29) is 5.84 Å². The highest BCUT2D eigenvalue weighted by atomic mass is 79.9. The molecule has 0 aliphatic carbocycles. The first-order valence-corrected chi connectivity index (χ1v) is 3.97. The van der Waals surface area contributed by atoms with Gasteiger partial charge in [0, 0.05) is 15.7 Å². The van der Waals surface area contributed by atoms with Gasteiger partial charge in [0.25, 0.3) is 0 Å². The van der Waals surface area contributed by atoms with Gasteiger partial charge in [0.05, 0.1) is 0 Å². The normalized spacial score (nSPS) is 11.6. The Kier molecular flexibility index (Phi) is 2.54. The minimum absolute atomic E-state index is 0.0655. The Hall–Kier alpha value is -1.23. The molecule has 0 aromatic heterocycles. The van der Waals surface area contributed by atoms with E-state index in [0.717, 1.165) is 4.47 Å². The number of nitrogens with two attached hydrogens (primary N) is 2. The highest BCUT2D eigenvalue weighted by molar-refractivity contribution is 9.10. The van der Waals surface area contributed by atoms with Crippen LogP contribution >= 0.6 is 15.9 Å². The molecule has 0 aliphatic rings. The molecule has 0 amide bonds.